The van der Waals surface area contributed by atoms with Gasteiger partial charge in [0.1, 0.15) is 24.0 Å². The second-order valence-corrected chi connectivity index (χ2v) is 18.2. The number of carbonyl (C=O) groups excluding carboxylic acids is 5. The van der Waals surface area contributed by atoms with E-state index in [0.29, 0.717) is 40.9 Å². The lowest BCUT2D eigenvalue weighted by molar-refractivity contribution is -0.164. The van der Waals surface area contributed by atoms with Gasteiger partial charge in [-0.1, -0.05) is 39.3 Å². The van der Waals surface area contributed by atoms with Gasteiger partial charge in [0.2, 0.25) is 11.8 Å². The SMILES string of the molecule is CC1(C)C(NC(=O)c2ccc(N3CCN(CC4CCN(c5ccc6c(c5F)C(=O)N(C5CCC(=O)NC5=O)C6=O)CC4)CC3)cc2)C(C)(C)C1Oc1ccc(C#N)c(Cl)c1. The molecule has 8 rings (SSSR count). The Morgan fingerprint density at radius 2 is 1.58 bits per heavy atom. The van der Waals surface area contributed by atoms with E-state index >= 15 is 4.39 Å². The van der Waals surface area contributed by atoms with E-state index in [1.165, 1.54) is 6.07 Å². The maximum Gasteiger partial charge on any atom is 0.265 e. The largest absolute Gasteiger partial charge is 0.489 e. The third-order valence-electron chi connectivity index (χ3n) is 13.3. The Labute approximate surface area is 353 Å². The average Bonchev–Trinajstić information content (AvgIpc) is 3.48. The van der Waals surface area contributed by atoms with Gasteiger partial charge < -0.3 is 19.9 Å². The van der Waals surface area contributed by atoms with Gasteiger partial charge in [-0.25, -0.2) is 4.39 Å². The molecule has 1 atom stereocenters. The van der Waals surface area contributed by atoms with E-state index in [4.69, 9.17) is 16.3 Å². The third kappa shape index (κ3) is 7.36. The molecule has 314 valence electrons. The molecule has 3 saturated heterocycles. The number of carbonyl (C=O) groups is 5. The number of hydrogen-bond donors (Lipinski definition) is 2. The van der Waals surface area contributed by atoms with Crippen LogP contribution >= 0.6 is 11.6 Å². The molecule has 1 aliphatic carbocycles. The first kappa shape index (κ1) is 41.2. The molecule has 3 aromatic rings. The molecular weight excluding hydrogens is 789 g/mol. The lowest BCUT2D eigenvalue weighted by atomic mass is 9.49. The maximum atomic E-state index is 16.0. The number of nitrogens with one attached hydrogen (secondary N) is 2. The zero-order chi connectivity index (χ0) is 42.7. The Morgan fingerprint density at radius 3 is 2.22 bits per heavy atom. The van der Waals surface area contributed by atoms with Gasteiger partial charge in [0.05, 0.1) is 27.4 Å². The highest BCUT2D eigenvalue weighted by atomic mass is 35.5. The molecule has 0 spiro atoms. The fourth-order valence-electron chi connectivity index (χ4n) is 10.3. The summed E-state index contributed by atoms with van der Waals surface area (Å²) in [5, 5.41) is 15.0. The van der Waals surface area contributed by atoms with Crippen molar-refractivity contribution < 1.29 is 33.1 Å². The van der Waals surface area contributed by atoms with E-state index in [-0.39, 0.29) is 58.5 Å². The van der Waals surface area contributed by atoms with Crippen molar-refractivity contribution in [3.63, 3.8) is 0 Å². The van der Waals surface area contributed by atoms with E-state index in [1.807, 2.05) is 29.2 Å². The number of anilines is 2. The molecule has 0 aromatic heterocycles. The summed E-state index contributed by atoms with van der Waals surface area (Å²) in [5.74, 6) is -2.63. The van der Waals surface area contributed by atoms with Gasteiger partial charge in [-0.05, 0) is 73.7 Å². The first-order chi connectivity index (χ1) is 28.6. The van der Waals surface area contributed by atoms with Gasteiger partial charge in [-0.15, -0.1) is 0 Å². The van der Waals surface area contributed by atoms with Gasteiger partial charge >= 0.3 is 0 Å². The van der Waals surface area contributed by atoms with Crippen LogP contribution in [0.3, 0.4) is 0 Å². The normalized spacial score (nSPS) is 24.1. The minimum atomic E-state index is -1.14. The van der Waals surface area contributed by atoms with Crippen LogP contribution in [0.1, 0.15) is 90.0 Å². The van der Waals surface area contributed by atoms with Crippen molar-refractivity contribution in [3.8, 4) is 11.8 Å². The van der Waals surface area contributed by atoms with Crippen LogP contribution in [0.15, 0.2) is 54.6 Å². The molecule has 4 heterocycles. The Kier molecular flexibility index (Phi) is 10.9. The summed E-state index contributed by atoms with van der Waals surface area (Å²) in [5.41, 5.74) is 1.21. The van der Waals surface area contributed by atoms with Crippen molar-refractivity contribution in [1.29, 1.82) is 5.26 Å². The lowest BCUT2D eigenvalue weighted by Crippen LogP contribution is -2.74. The number of piperidine rings is 2. The Morgan fingerprint density at radius 1 is 0.900 bits per heavy atom. The van der Waals surface area contributed by atoms with Crippen LogP contribution in [0.5, 0.6) is 5.75 Å². The summed E-state index contributed by atoms with van der Waals surface area (Å²) in [4.78, 5) is 71.5. The number of hydrogen-bond acceptors (Lipinski definition) is 10. The van der Waals surface area contributed by atoms with E-state index in [9.17, 15) is 29.2 Å². The standard InChI is InChI=1S/C45H49ClFN7O6/c1-44(2)42(45(3,4)43(44)60-30-10-7-28(24-48)32(46)23-30)50-38(56)27-5-8-29(9-6-27)52-21-19-51(20-22-52)25-26-15-17-53(18-16-26)33-12-11-31-36(37(33)47)41(59)54(40(31)58)34-13-14-35(55)49-39(34)57/h5-12,23,26,34,42-43H,13-22,25H2,1-4H3,(H,50,56)(H,49,55,57). The molecule has 3 aromatic carbocycles. The highest BCUT2D eigenvalue weighted by molar-refractivity contribution is 6.31. The molecule has 0 radical (unpaired) electrons. The highest BCUT2D eigenvalue weighted by Gasteiger charge is 2.64. The van der Waals surface area contributed by atoms with Crippen LogP contribution in [0.25, 0.3) is 0 Å². The molecule has 1 unspecified atom stereocenters. The molecule has 0 bridgehead atoms. The van der Waals surface area contributed by atoms with Crippen molar-refractivity contribution in [2.45, 2.75) is 71.6 Å². The van der Waals surface area contributed by atoms with Crippen LogP contribution in [-0.2, 0) is 9.59 Å². The smallest absolute Gasteiger partial charge is 0.265 e. The van der Waals surface area contributed by atoms with Crippen LogP contribution < -0.4 is 25.2 Å². The summed E-state index contributed by atoms with van der Waals surface area (Å²) < 4.78 is 22.3. The molecule has 1 saturated carbocycles. The number of rotatable bonds is 9. The third-order valence-corrected chi connectivity index (χ3v) is 13.6. The molecule has 2 N–H and O–H groups in total. The molecule has 15 heteroatoms. The van der Waals surface area contributed by atoms with Crippen LogP contribution in [0.2, 0.25) is 5.02 Å². The molecule has 4 fully saturated rings. The topological polar surface area (TPSA) is 155 Å². The molecule has 13 nitrogen and oxygen atoms in total. The van der Waals surface area contributed by atoms with E-state index in [2.05, 4.69) is 54.2 Å². The van der Waals surface area contributed by atoms with E-state index < -0.39 is 35.5 Å². The monoisotopic (exact) mass is 837 g/mol. The number of amides is 5. The predicted molar refractivity (Wildman–Crippen MR) is 223 cm³/mol. The number of fused-ring (bicyclic) bond motifs is 1. The van der Waals surface area contributed by atoms with Crippen LogP contribution in [0, 0.1) is 33.9 Å². The number of nitrogens with zero attached hydrogens (tertiary/aromatic N) is 5. The quantitative estimate of drug-likeness (QED) is 0.268. The number of benzene rings is 3. The van der Waals surface area contributed by atoms with Gasteiger partial charge in [0.15, 0.2) is 5.82 Å². The fourth-order valence-corrected chi connectivity index (χ4v) is 10.5. The zero-order valence-corrected chi connectivity index (χ0v) is 35.0. The minimum Gasteiger partial charge on any atom is -0.489 e. The molecule has 5 aliphatic rings. The zero-order valence-electron chi connectivity index (χ0n) is 34.2. The number of piperazine rings is 1. The van der Waals surface area contributed by atoms with Crippen LogP contribution in [0.4, 0.5) is 15.8 Å². The van der Waals surface area contributed by atoms with Crippen LogP contribution in [-0.4, -0.2) is 103 Å². The van der Waals surface area contributed by atoms with Gasteiger partial charge in [-0.3, -0.25) is 39.1 Å². The second kappa shape index (κ2) is 15.8. The summed E-state index contributed by atoms with van der Waals surface area (Å²) >= 11 is 6.25. The molecule has 4 aliphatic heterocycles. The van der Waals surface area contributed by atoms with Gasteiger partial charge in [0, 0.05) is 86.4 Å². The Bertz CT molecular complexity index is 2280. The predicted octanol–water partition coefficient (Wildman–Crippen LogP) is 5.40. The summed E-state index contributed by atoms with van der Waals surface area (Å²) in [6.45, 7) is 14.0. The molecule has 5 amide bonds. The Balaban J connectivity index is 0.800. The van der Waals surface area contributed by atoms with Crippen molar-refractivity contribution in [3.05, 3.63) is 87.7 Å². The van der Waals surface area contributed by atoms with Crippen molar-refractivity contribution in [2.24, 2.45) is 16.7 Å². The number of halogens is 2. The summed E-state index contributed by atoms with van der Waals surface area (Å²) in [7, 11) is 0. The van der Waals surface area contributed by atoms with E-state index in [1.54, 1.807) is 24.3 Å². The van der Waals surface area contributed by atoms with Gasteiger partial charge in [-0.2, -0.15) is 5.26 Å². The number of imide groups is 2. The average molecular weight is 838 g/mol. The maximum absolute atomic E-state index is 16.0. The first-order valence-electron chi connectivity index (χ1n) is 20.6. The van der Waals surface area contributed by atoms with Crippen molar-refractivity contribution >= 4 is 52.5 Å². The van der Waals surface area contributed by atoms with Crippen molar-refractivity contribution in [1.82, 2.24) is 20.4 Å². The fraction of sp³-hybridized carbons (Fsp3) is 0.467. The van der Waals surface area contributed by atoms with Crippen molar-refractivity contribution in [2.75, 3.05) is 55.6 Å². The first-order valence-corrected chi connectivity index (χ1v) is 21.0. The number of nitriles is 1. The summed E-state index contributed by atoms with van der Waals surface area (Å²) in [6, 6.07) is 16.6. The summed E-state index contributed by atoms with van der Waals surface area (Å²) in [6.07, 6.45) is 1.52. The van der Waals surface area contributed by atoms with E-state index in [0.717, 1.165) is 56.2 Å². The minimum absolute atomic E-state index is 0.00337. The lowest BCUT2D eigenvalue weighted by Gasteiger charge is -2.63. The molecule has 60 heavy (non-hydrogen) atoms. The molecular formula is C45H49ClFN7O6. The second-order valence-electron chi connectivity index (χ2n) is 17.8. The number of ether oxygens (including phenoxy) is 1. The Hall–Kier alpha value is -5.52. The van der Waals surface area contributed by atoms with Gasteiger partial charge in [0.25, 0.3) is 17.7 Å². The highest BCUT2D eigenvalue weighted by Crippen LogP contribution is 2.55.